The van der Waals surface area contributed by atoms with E-state index in [1.165, 1.54) is 0 Å². The molecule has 0 aromatic carbocycles. The summed E-state index contributed by atoms with van der Waals surface area (Å²) >= 11 is 0. The van der Waals surface area contributed by atoms with Crippen molar-refractivity contribution in [3.63, 3.8) is 0 Å². The van der Waals surface area contributed by atoms with Crippen molar-refractivity contribution in [2.75, 3.05) is 13.7 Å². The lowest BCUT2D eigenvalue weighted by Crippen LogP contribution is -2.53. The Morgan fingerprint density at radius 3 is 2.06 bits per heavy atom. The van der Waals surface area contributed by atoms with E-state index in [2.05, 4.69) is 33.0 Å². The normalized spacial score (nSPS) is 17.0. The Balaban J connectivity index is 4.93. The number of nitrogens with one attached hydrogen (secondary N) is 1. The van der Waals surface area contributed by atoms with E-state index in [-0.39, 0.29) is 24.0 Å². The summed E-state index contributed by atoms with van der Waals surface area (Å²) in [4.78, 5) is 11.9. The number of hydrogen-bond donors (Lipinski definition) is 2. The zero-order valence-electron chi connectivity index (χ0n) is 12.0. The minimum absolute atomic E-state index is 0.0168. The molecular weight excluding hydrogens is 216 g/mol. The number of esters is 1. The molecule has 4 nitrogen and oxygen atoms in total. The Morgan fingerprint density at radius 1 is 1.24 bits per heavy atom. The van der Waals surface area contributed by atoms with Crippen molar-refractivity contribution < 1.29 is 9.53 Å². The molecule has 4 heteroatoms. The average molecular weight is 244 g/mol. The lowest BCUT2D eigenvalue weighted by atomic mass is 9.78. The van der Waals surface area contributed by atoms with Crippen LogP contribution in [0.3, 0.4) is 0 Å². The van der Waals surface area contributed by atoms with Gasteiger partial charge in [-0.05, 0) is 25.8 Å². The molecule has 0 fully saturated rings. The fourth-order valence-electron chi connectivity index (χ4n) is 2.20. The quantitative estimate of drug-likeness (QED) is 0.664. The standard InChI is InChI=1S/C13H28N2O2/c1-7-17-13(16)12(15-6)10(8(2)3)11(14)9(4)5/h8-12,15H,7,14H2,1-6H3. The molecule has 0 radical (unpaired) electrons. The molecule has 0 bridgehead atoms. The highest BCUT2D eigenvalue weighted by Gasteiger charge is 2.35. The van der Waals surface area contributed by atoms with Crippen LogP contribution in [0.1, 0.15) is 34.6 Å². The van der Waals surface area contributed by atoms with Crippen molar-refractivity contribution in [2.24, 2.45) is 23.5 Å². The summed E-state index contributed by atoms with van der Waals surface area (Å²) in [6, 6.07) is -0.343. The molecule has 0 aromatic rings. The van der Waals surface area contributed by atoms with Gasteiger partial charge in [-0.15, -0.1) is 0 Å². The number of carbonyl (C=O) groups is 1. The summed E-state index contributed by atoms with van der Waals surface area (Å²) in [6.45, 7) is 10.6. The van der Waals surface area contributed by atoms with Crippen molar-refractivity contribution in [1.29, 1.82) is 0 Å². The van der Waals surface area contributed by atoms with Crippen LogP contribution in [0, 0.1) is 17.8 Å². The maximum Gasteiger partial charge on any atom is 0.323 e. The molecule has 0 saturated carbocycles. The highest BCUT2D eigenvalue weighted by molar-refractivity contribution is 5.76. The third-order valence-electron chi connectivity index (χ3n) is 3.22. The van der Waals surface area contributed by atoms with Crippen molar-refractivity contribution in [3.8, 4) is 0 Å². The first-order valence-corrected chi connectivity index (χ1v) is 6.46. The molecule has 0 aliphatic carbocycles. The van der Waals surface area contributed by atoms with E-state index in [9.17, 15) is 4.79 Å². The van der Waals surface area contributed by atoms with Crippen molar-refractivity contribution in [2.45, 2.75) is 46.7 Å². The van der Waals surface area contributed by atoms with Crippen LogP contribution < -0.4 is 11.1 Å². The zero-order chi connectivity index (χ0) is 13.6. The van der Waals surface area contributed by atoms with Gasteiger partial charge in [-0.1, -0.05) is 27.7 Å². The second kappa shape index (κ2) is 7.67. The molecule has 0 rings (SSSR count). The molecule has 0 aromatic heterocycles. The van der Waals surface area contributed by atoms with Crippen LogP contribution in [0.2, 0.25) is 0 Å². The summed E-state index contributed by atoms with van der Waals surface area (Å²) in [5, 5.41) is 3.05. The van der Waals surface area contributed by atoms with Crippen LogP contribution in [0.5, 0.6) is 0 Å². The number of carbonyl (C=O) groups excluding carboxylic acids is 1. The van der Waals surface area contributed by atoms with Crippen molar-refractivity contribution in [1.82, 2.24) is 5.32 Å². The van der Waals surface area contributed by atoms with Gasteiger partial charge in [-0.3, -0.25) is 4.79 Å². The number of likely N-dealkylation sites (N-methyl/N-ethyl adjacent to an activating group) is 1. The van der Waals surface area contributed by atoms with Crippen LogP contribution in [0.4, 0.5) is 0 Å². The van der Waals surface area contributed by atoms with Gasteiger partial charge in [0.2, 0.25) is 0 Å². The first-order valence-electron chi connectivity index (χ1n) is 6.46. The summed E-state index contributed by atoms with van der Waals surface area (Å²) in [5.41, 5.74) is 6.22. The van der Waals surface area contributed by atoms with E-state index in [1.54, 1.807) is 7.05 Å². The van der Waals surface area contributed by atoms with Crippen molar-refractivity contribution >= 4 is 5.97 Å². The maximum absolute atomic E-state index is 11.9. The van der Waals surface area contributed by atoms with Crippen LogP contribution in [0.15, 0.2) is 0 Å². The van der Waals surface area contributed by atoms with Crippen LogP contribution in [-0.4, -0.2) is 31.7 Å². The molecule has 0 aliphatic rings. The highest BCUT2D eigenvalue weighted by atomic mass is 16.5. The molecule has 3 N–H and O–H groups in total. The Labute approximate surface area is 105 Å². The number of ether oxygens (including phenoxy) is 1. The fourth-order valence-corrected chi connectivity index (χ4v) is 2.20. The number of hydrogen-bond acceptors (Lipinski definition) is 4. The Bertz CT molecular complexity index is 229. The molecule has 0 saturated heterocycles. The van der Waals surface area contributed by atoms with Crippen molar-refractivity contribution in [3.05, 3.63) is 0 Å². The zero-order valence-corrected chi connectivity index (χ0v) is 12.0. The third-order valence-corrected chi connectivity index (χ3v) is 3.22. The van der Waals surface area contributed by atoms with Gasteiger partial charge in [0.1, 0.15) is 6.04 Å². The van der Waals surface area contributed by atoms with E-state index in [0.29, 0.717) is 18.4 Å². The number of rotatable bonds is 7. The van der Waals surface area contributed by atoms with Crippen LogP contribution in [0.25, 0.3) is 0 Å². The van der Waals surface area contributed by atoms with E-state index in [4.69, 9.17) is 10.5 Å². The van der Waals surface area contributed by atoms with Gasteiger partial charge in [0, 0.05) is 12.0 Å². The van der Waals surface area contributed by atoms with Gasteiger partial charge < -0.3 is 15.8 Å². The van der Waals surface area contributed by atoms with Gasteiger partial charge in [0.25, 0.3) is 0 Å². The average Bonchev–Trinajstić information content (AvgIpc) is 2.24. The van der Waals surface area contributed by atoms with E-state index < -0.39 is 0 Å². The van der Waals surface area contributed by atoms with Gasteiger partial charge in [-0.2, -0.15) is 0 Å². The molecule has 0 aliphatic heterocycles. The lowest BCUT2D eigenvalue weighted by molar-refractivity contribution is -0.148. The molecule has 3 unspecified atom stereocenters. The maximum atomic E-state index is 11.9. The first kappa shape index (κ1) is 16.4. The van der Waals surface area contributed by atoms with Crippen LogP contribution >= 0.6 is 0 Å². The molecule has 0 amide bonds. The summed E-state index contributed by atoms with van der Waals surface area (Å²) in [7, 11) is 1.78. The Hall–Kier alpha value is -0.610. The molecule has 3 atom stereocenters. The highest BCUT2D eigenvalue weighted by Crippen LogP contribution is 2.23. The van der Waals surface area contributed by atoms with Crippen LogP contribution in [-0.2, 0) is 9.53 Å². The summed E-state index contributed by atoms with van der Waals surface area (Å²) in [6.07, 6.45) is 0. The van der Waals surface area contributed by atoms with Gasteiger partial charge in [0.15, 0.2) is 0 Å². The molecule has 0 heterocycles. The van der Waals surface area contributed by atoms with Gasteiger partial charge >= 0.3 is 5.97 Å². The summed E-state index contributed by atoms with van der Waals surface area (Å²) in [5.74, 6) is 0.547. The Morgan fingerprint density at radius 2 is 1.76 bits per heavy atom. The van der Waals surface area contributed by atoms with E-state index >= 15 is 0 Å². The molecular formula is C13H28N2O2. The van der Waals surface area contributed by atoms with E-state index in [0.717, 1.165) is 0 Å². The third kappa shape index (κ3) is 4.64. The molecule has 0 spiro atoms. The van der Waals surface area contributed by atoms with Gasteiger partial charge in [-0.25, -0.2) is 0 Å². The number of nitrogens with two attached hydrogens (primary N) is 1. The predicted molar refractivity (Wildman–Crippen MR) is 70.6 cm³/mol. The summed E-state index contributed by atoms with van der Waals surface area (Å²) < 4.78 is 5.10. The monoisotopic (exact) mass is 244 g/mol. The van der Waals surface area contributed by atoms with Gasteiger partial charge in [0.05, 0.1) is 6.61 Å². The Kier molecular flexibility index (Phi) is 7.39. The second-order valence-corrected chi connectivity index (χ2v) is 5.16. The predicted octanol–water partition coefficient (Wildman–Crippen LogP) is 1.39. The lowest BCUT2D eigenvalue weighted by Gasteiger charge is -2.35. The minimum atomic E-state index is -0.327. The van der Waals surface area contributed by atoms with E-state index in [1.807, 2.05) is 6.92 Å². The second-order valence-electron chi connectivity index (χ2n) is 5.16. The molecule has 102 valence electrons. The molecule has 17 heavy (non-hydrogen) atoms. The first-order chi connectivity index (χ1) is 7.86. The fraction of sp³-hybridized carbons (Fsp3) is 0.923. The smallest absolute Gasteiger partial charge is 0.323 e. The SMILES string of the molecule is CCOC(=O)C(NC)C(C(C)C)C(N)C(C)C. The largest absolute Gasteiger partial charge is 0.465 e. The minimum Gasteiger partial charge on any atom is -0.465 e. The topological polar surface area (TPSA) is 64.3 Å².